The van der Waals surface area contributed by atoms with E-state index in [0.717, 1.165) is 23.0 Å². The lowest BCUT2D eigenvalue weighted by Gasteiger charge is -2.18. The Bertz CT molecular complexity index is 1540. The van der Waals surface area contributed by atoms with Crippen LogP contribution in [0.4, 0.5) is 19.0 Å². The first-order chi connectivity index (χ1) is 16.7. The highest BCUT2D eigenvalue weighted by Gasteiger charge is 2.25. The van der Waals surface area contributed by atoms with E-state index < -0.39 is 23.8 Å². The number of aryl methyl sites for hydroxylation is 2. The molecule has 1 aromatic heterocycles. The Morgan fingerprint density at radius 3 is 2.63 bits per heavy atom. The van der Waals surface area contributed by atoms with Crippen molar-refractivity contribution in [1.29, 1.82) is 0 Å². The summed E-state index contributed by atoms with van der Waals surface area (Å²) in [5.74, 6) is 1.06. The second kappa shape index (κ2) is 8.68. The van der Waals surface area contributed by atoms with Crippen LogP contribution in [0.3, 0.4) is 0 Å². The third kappa shape index (κ3) is 3.98. The Morgan fingerprint density at radius 2 is 1.89 bits per heavy atom. The van der Waals surface area contributed by atoms with E-state index >= 15 is 0 Å². The van der Waals surface area contributed by atoms with Gasteiger partial charge in [0.2, 0.25) is 5.56 Å². The molecule has 0 radical (unpaired) electrons. The highest BCUT2D eigenvalue weighted by molar-refractivity contribution is 5.81. The van der Waals surface area contributed by atoms with Gasteiger partial charge in [0.05, 0.1) is 17.2 Å². The molecule has 5 rings (SSSR count). The van der Waals surface area contributed by atoms with Crippen LogP contribution in [0.1, 0.15) is 36.3 Å². The molecule has 10 heteroatoms. The van der Waals surface area contributed by atoms with Crippen molar-refractivity contribution in [2.45, 2.75) is 32.9 Å². The Labute approximate surface area is 199 Å². The molecule has 0 spiro atoms. The molecule has 1 aromatic carbocycles. The molecule has 1 atom stereocenters. The zero-order valence-corrected chi connectivity index (χ0v) is 19.4. The molecule has 3 aliphatic rings. The molecule has 0 saturated heterocycles. The molecule has 1 N–H and O–H groups in total. The SMILES string of the molecule is Cc1nc2n3c(c(-c4ccc(=O)n(C)c4)cc-2c(=N[C@H](C)c2cccc(C(F)F)c2F)n1)NCC3. The molecule has 0 fully saturated rings. The lowest BCUT2D eigenvalue weighted by Crippen LogP contribution is -2.21. The maximum atomic E-state index is 14.8. The largest absolute Gasteiger partial charge is 0.369 e. The first-order valence-corrected chi connectivity index (χ1v) is 11.2. The van der Waals surface area contributed by atoms with E-state index in [2.05, 4.69) is 20.3 Å². The predicted molar refractivity (Wildman–Crippen MR) is 126 cm³/mol. The van der Waals surface area contributed by atoms with Gasteiger partial charge in [-0.05, 0) is 26.0 Å². The fourth-order valence-corrected chi connectivity index (χ4v) is 4.43. The first kappa shape index (κ1) is 22.8. The third-order valence-electron chi connectivity index (χ3n) is 6.17. The topological polar surface area (TPSA) is 77.1 Å². The van der Waals surface area contributed by atoms with E-state index in [1.54, 1.807) is 33.2 Å². The number of hydrogen-bond donors (Lipinski definition) is 1. The summed E-state index contributed by atoms with van der Waals surface area (Å²) in [4.78, 5) is 25.7. The Hall–Kier alpha value is -3.95. The summed E-state index contributed by atoms with van der Waals surface area (Å²) >= 11 is 0. The number of halogens is 3. The van der Waals surface area contributed by atoms with E-state index in [0.29, 0.717) is 35.8 Å². The van der Waals surface area contributed by atoms with Crippen molar-refractivity contribution in [2.24, 2.45) is 12.0 Å². The maximum Gasteiger partial charge on any atom is 0.266 e. The molecule has 0 aliphatic carbocycles. The number of alkyl halides is 2. The minimum absolute atomic E-state index is 0.0703. The van der Waals surface area contributed by atoms with Gasteiger partial charge in [0.15, 0.2) is 5.49 Å². The monoisotopic (exact) mass is 480 g/mol. The quantitative estimate of drug-likeness (QED) is 0.475. The number of benzene rings is 1. The van der Waals surface area contributed by atoms with Gasteiger partial charge in [-0.2, -0.15) is 0 Å². The van der Waals surface area contributed by atoms with Gasteiger partial charge in [-0.1, -0.05) is 18.2 Å². The van der Waals surface area contributed by atoms with Gasteiger partial charge in [-0.25, -0.2) is 23.1 Å². The van der Waals surface area contributed by atoms with Gasteiger partial charge in [0.25, 0.3) is 6.43 Å². The van der Waals surface area contributed by atoms with Crippen LogP contribution in [0.25, 0.3) is 22.5 Å². The smallest absolute Gasteiger partial charge is 0.266 e. The van der Waals surface area contributed by atoms with Crippen molar-refractivity contribution in [2.75, 3.05) is 11.9 Å². The molecule has 4 heterocycles. The minimum atomic E-state index is -2.92. The number of hydrogen-bond acceptors (Lipinski definition) is 5. The van der Waals surface area contributed by atoms with Gasteiger partial charge in [0.1, 0.15) is 23.3 Å². The molecule has 0 bridgehead atoms. The standard InChI is InChI=1S/C25H23F3N6O/c1-13(16-5-4-6-17(21(16)26)22(27)28)30-23-19-11-18(15-7-8-20(35)33(3)12-15)24-29-9-10-34(24)25(19)32-14(2)31-23/h4-8,11-13,22,29H,9-10H2,1-3H3/t13-/m1/s1. The number of pyridine rings is 2. The lowest BCUT2D eigenvalue weighted by atomic mass is 10.0. The van der Waals surface area contributed by atoms with Crippen LogP contribution in [-0.4, -0.2) is 25.6 Å². The molecule has 2 aromatic rings. The number of anilines is 1. The fourth-order valence-electron chi connectivity index (χ4n) is 4.43. The Balaban J connectivity index is 1.74. The number of nitrogens with zero attached hydrogens (tertiary/aromatic N) is 5. The second-order valence-electron chi connectivity index (χ2n) is 8.54. The summed E-state index contributed by atoms with van der Waals surface area (Å²) in [5, 5.41) is 3.39. The normalized spacial score (nSPS) is 14.4. The second-order valence-corrected chi connectivity index (χ2v) is 8.54. The average Bonchev–Trinajstić information content (AvgIpc) is 3.31. The molecule has 0 saturated carbocycles. The van der Waals surface area contributed by atoms with Crippen LogP contribution in [0.15, 0.2) is 52.4 Å². The van der Waals surface area contributed by atoms with Crippen LogP contribution < -0.4 is 16.4 Å². The number of rotatable bonds is 4. The van der Waals surface area contributed by atoms with Crippen LogP contribution in [0.2, 0.25) is 0 Å². The van der Waals surface area contributed by atoms with E-state index in [-0.39, 0.29) is 11.1 Å². The highest BCUT2D eigenvalue weighted by Crippen LogP contribution is 2.36. The van der Waals surface area contributed by atoms with E-state index in [1.807, 2.05) is 10.6 Å². The van der Waals surface area contributed by atoms with Gasteiger partial charge < -0.3 is 14.5 Å². The average molecular weight is 480 g/mol. The molecule has 35 heavy (non-hydrogen) atoms. The van der Waals surface area contributed by atoms with Crippen molar-refractivity contribution < 1.29 is 13.2 Å². The predicted octanol–water partition coefficient (Wildman–Crippen LogP) is 4.22. The Kier molecular flexibility index (Phi) is 5.66. The van der Waals surface area contributed by atoms with Crippen LogP contribution in [-0.2, 0) is 13.6 Å². The number of nitrogens with one attached hydrogen (secondary N) is 1. The van der Waals surface area contributed by atoms with E-state index in [1.165, 1.54) is 22.8 Å². The summed E-state index contributed by atoms with van der Waals surface area (Å²) in [7, 11) is 1.69. The summed E-state index contributed by atoms with van der Waals surface area (Å²) in [5.41, 5.74) is 1.95. The molecule has 0 unspecified atom stereocenters. The number of fused-ring (bicyclic) bond motifs is 3. The van der Waals surface area contributed by atoms with Crippen LogP contribution in [0.5, 0.6) is 0 Å². The summed E-state index contributed by atoms with van der Waals surface area (Å²) < 4.78 is 44.8. The highest BCUT2D eigenvalue weighted by atomic mass is 19.3. The van der Waals surface area contributed by atoms with Crippen molar-refractivity contribution in [3.8, 4) is 22.5 Å². The van der Waals surface area contributed by atoms with Crippen LogP contribution in [0, 0.1) is 12.7 Å². The third-order valence-corrected chi connectivity index (χ3v) is 6.17. The zero-order valence-electron chi connectivity index (χ0n) is 19.4. The number of aromatic nitrogens is 4. The summed E-state index contributed by atoms with van der Waals surface area (Å²) in [6.45, 7) is 4.77. The van der Waals surface area contributed by atoms with Gasteiger partial charge in [-0.15, -0.1) is 0 Å². The minimum Gasteiger partial charge on any atom is -0.369 e. The van der Waals surface area contributed by atoms with E-state index in [4.69, 9.17) is 0 Å². The van der Waals surface area contributed by atoms with Crippen molar-refractivity contribution >= 4 is 5.82 Å². The van der Waals surface area contributed by atoms with E-state index in [9.17, 15) is 18.0 Å². The Morgan fingerprint density at radius 1 is 1.11 bits per heavy atom. The van der Waals surface area contributed by atoms with Gasteiger partial charge in [-0.3, -0.25) is 9.79 Å². The van der Waals surface area contributed by atoms with Crippen molar-refractivity contribution in [3.05, 3.63) is 81.2 Å². The first-order valence-electron chi connectivity index (χ1n) is 11.2. The van der Waals surface area contributed by atoms with Crippen LogP contribution >= 0.6 is 0 Å². The maximum absolute atomic E-state index is 14.8. The fraction of sp³-hybridized carbons (Fsp3) is 0.280. The molecule has 3 aliphatic heterocycles. The lowest BCUT2D eigenvalue weighted by molar-refractivity contribution is 0.146. The van der Waals surface area contributed by atoms with Gasteiger partial charge >= 0.3 is 0 Å². The molecular formula is C25H23F3N6O. The summed E-state index contributed by atoms with van der Waals surface area (Å²) in [6.07, 6.45) is -1.16. The van der Waals surface area contributed by atoms with Crippen molar-refractivity contribution in [1.82, 2.24) is 19.1 Å². The van der Waals surface area contributed by atoms with Crippen molar-refractivity contribution in [3.63, 3.8) is 0 Å². The molecule has 0 amide bonds. The van der Waals surface area contributed by atoms with Gasteiger partial charge in [0, 0.05) is 49.1 Å². The molecule has 180 valence electrons. The zero-order chi connectivity index (χ0) is 24.9. The summed E-state index contributed by atoms with van der Waals surface area (Å²) in [6, 6.07) is 8.33. The molecular weight excluding hydrogens is 457 g/mol. The molecule has 7 nitrogen and oxygen atoms in total.